The van der Waals surface area contributed by atoms with Crippen LogP contribution in [0.15, 0.2) is 28.8 Å². The van der Waals surface area contributed by atoms with Crippen molar-refractivity contribution in [3.63, 3.8) is 0 Å². The number of amides is 2. The van der Waals surface area contributed by atoms with Crippen molar-refractivity contribution in [1.29, 1.82) is 0 Å². The Bertz CT molecular complexity index is 605. The Kier molecular flexibility index (Phi) is 4.02. The lowest BCUT2D eigenvalue weighted by Gasteiger charge is -2.12. The number of hydrogen-bond acceptors (Lipinski definition) is 4. The number of benzene rings is 1. The van der Waals surface area contributed by atoms with Crippen LogP contribution in [0.5, 0.6) is 0 Å². The monoisotopic (exact) mass is 274 g/mol. The Hall–Kier alpha value is -2.37. The van der Waals surface area contributed by atoms with Crippen LogP contribution in [0.3, 0.4) is 0 Å². The van der Waals surface area contributed by atoms with E-state index in [0.29, 0.717) is 17.4 Å². The van der Waals surface area contributed by atoms with Gasteiger partial charge in [-0.15, -0.1) is 0 Å². The van der Waals surface area contributed by atoms with Gasteiger partial charge in [-0.2, -0.15) is 4.98 Å². The minimum absolute atomic E-state index is 0.182. The van der Waals surface area contributed by atoms with Crippen molar-refractivity contribution < 1.29 is 9.32 Å². The lowest BCUT2D eigenvalue weighted by molar-refractivity contribution is 0.230. The van der Waals surface area contributed by atoms with Gasteiger partial charge >= 0.3 is 6.03 Å². The second-order valence-corrected chi connectivity index (χ2v) is 5.02. The molecule has 1 aromatic heterocycles. The van der Waals surface area contributed by atoms with E-state index in [1.165, 1.54) is 4.90 Å². The van der Waals surface area contributed by atoms with Gasteiger partial charge in [-0.05, 0) is 12.1 Å². The van der Waals surface area contributed by atoms with Gasteiger partial charge in [-0.1, -0.05) is 31.1 Å². The Morgan fingerprint density at radius 1 is 1.35 bits per heavy atom. The van der Waals surface area contributed by atoms with Crippen molar-refractivity contribution in [2.45, 2.75) is 19.8 Å². The van der Waals surface area contributed by atoms with Gasteiger partial charge in [-0.3, -0.25) is 0 Å². The van der Waals surface area contributed by atoms with Crippen LogP contribution in [0.1, 0.15) is 25.7 Å². The number of nitrogens with one attached hydrogen (secondary N) is 1. The average Bonchev–Trinajstić information content (AvgIpc) is 2.88. The SMILES string of the molecule is CC(C)c1nc(-c2cccc(NC(=O)N(C)C)c2)no1. The lowest BCUT2D eigenvalue weighted by Crippen LogP contribution is -2.27. The Balaban J connectivity index is 2.22. The summed E-state index contributed by atoms with van der Waals surface area (Å²) in [7, 11) is 3.38. The summed E-state index contributed by atoms with van der Waals surface area (Å²) in [5.41, 5.74) is 1.49. The number of nitrogens with zero attached hydrogens (tertiary/aromatic N) is 3. The Morgan fingerprint density at radius 3 is 2.70 bits per heavy atom. The molecule has 0 aliphatic rings. The molecule has 106 valence electrons. The molecule has 2 rings (SSSR count). The normalized spacial score (nSPS) is 10.7. The van der Waals surface area contributed by atoms with Crippen LogP contribution in [0, 0.1) is 0 Å². The van der Waals surface area contributed by atoms with Crippen LogP contribution in [0.25, 0.3) is 11.4 Å². The van der Waals surface area contributed by atoms with Gasteiger partial charge in [0, 0.05) is 31.3 Å². The van der Waals surface area contributed by atoms with Crippen molar-refractivity contribution >= 4 is 11.7 Å². The molecule has 0 aliphatic carbocycles. The third kappa shape index (κ3) is 3.14. The first-order valence-electron chi connectivity index (χ1n) is 6.39. The quantitative estimate of drug-likeness (QED) is 0.934. The molecule has 0 fully saturated rings. The van der Waals surface area contributed by atoms with Gasteiger partial charge in [0.05, 0.1) is 0 Å². The molecule has 0 bridgehead atoms. The predicted molar refractivity (Wildman–Crippen MR) is 76.5 cm³/mol. The first kappa shape index (κ1) is 14.0. The number of urea groups is 1. The fraction of sp³-hybridized carbons (Fsp3) is 0.357. The van der Waals surface area contributed by atoms with E-state index < -0.39 is 0 Å². The summed E-state index contributed by atoms with van der Waals surface area (Å²) in [5.74, 6) is 1.31. The van der Waals surface area contributed by atoms with Crippen LogP contribution in [0.4, 0.5) is 10.5 Å². The van der Waals surface area contributed by atoms with Crippen LogP contribution in [0.2, 0.25) is 0 Å². The van der Waals surface area contributed by atoms with Gasteiger partial charge in [0.15, 0.2) is 0 Å². The van der Waals surface area contributed by atoms with Crippen LogP contribution >= 0.6 is 0 Å². The van der Waals surface area contributed by atoms with E-state index in [1.807, 2.05) is 38.1 Å². The van der Waals surface area contributed by atoms with Gasteiger partial charge in [0.25, 0.3) is 0 Å². The van der Waals surface area contributed by atoms with Crippen molar-refractivity contribution in [2.75, 3.05) is 19.4 Å². The molecule has 0 atom stereocenters. The molecule has 0 unspecified atom stereocenters. The maximum atomic E-state index is 11.6. The number of carbonyl (C=O) groups is 1. The molecule has 0 radical (unpaired) electrons. The second-order valence-electron chi connectivity index (χ2n) is 5.02. The van der Waals surface area contributed by atoms with E-state index in [9.17, 15) is 4.79 Å². The van der Waals surface area contributed by atoms with Gasteiger partial charge in [0.1, 0.15) is 0 Å². The zero-order chi connectivity index (χ0) is 14.7. The van der Waals surface area contributed by atoms with E-state index in [1.54, 1.807) is 14.1 Å². The lowest BCUT2D eigenvalue weighted by atomic mass is 10.2. The fourth-order valence-electron chi connectivity index (χ4n) is 1.56. The van der Waals surface area contributed by atoms with Crippen molar-refractivity contribution in [3.05, 3.63) is 30.2 Å². The van der Waals surface area contributed by atoms with Crippen molar-refractivity contribution in [2.24, 2.45) is 0 Å². The summed E-state index contributed by atoms with van der Waals surface area (Å²) < 4.78 is 5.18. The van der Waals surface area contributed by atoms with E-state index in [-0.39, 0.29) is 11.9 Å². The highest BCUT2D eigenvalue weighted by atomic mass is 16.5. The Labute approximate surface area is 117 Å². The van der Waals surface area contributed by atoms with E-state index >= 15 is 0 Å². The highest BCUT2D eigenvalue weighted by Gasteiger charge is 2.12. The number of rotatable bonds is 3. The predicted octanol–water partition coefficient (Wildman–Crippen LogP) is 2.95. The van der Waals surface area contributed by atoms with E-state index in [2.05, 4.69) is 15.5 Å². The molecular weight excluding hydrogens is 256 g/mol. The smallest absolute Gasteiger partial charge is 0.321 e. The molecule has 0 spiro atoms. The molecule has 2 amide bonds. The molecule has 2 aromatic rings. The first-order chi connectivity index (χ1) is 9.47. The summed E-state index contributed by atoms with van der Waals surface area (Å²) in [6.45, 7) is 3.98. The summed E-state index contributed by atoms with van der Waals surface area (Å²) in [6, 6.07) is 7.16. The summed E-state index contributed by atoms with van der Waals surface area (Å²) >= 11 is 0. The van der Waals surface area contributed by atoms with Gasteiger partial charge < -0.3 is 14.7 Å². The largest absolute Gasteiger partial charge is 0.339 e. The minimum atomic E-state index is -0.182. The van der Waals surface area contributed by atoms with Crippen LogP contribution in [-0.2, 0) is 0 Å². The molecule has 6 heteroatoms. The molecule has 0 saturated heterocycles. The number of aromatic nitrogens is 2. The molecule has 1 N–H and O–H groups in total. The molecule has 6 nitrogen and oxygen atoms in total. The maximum Gasteiger partial charge on any atom is 0.321 e. The number of hydrogen-bond donors (Lipinski definition) is 1. The average molecular weight is 274 g/mol. The topological polar surface area (TPSA) is 71.3 Å². The zero-order valence-corrected chi connectivity index (χ0v) is 12.0. The Morgan fingerprint density at radius 2 is 2.10 bits per heavy atom. The van der Waals surface area contributed by atoms with Crippen molar-refractivity contribution in [1.82, 2.24) is 15.0 Å². The van der Waals surface area contributed by atoms with Crippen LogP contribution < -0.4 is 5.32 Å². The second kappa shape index (κ2) is 5.73. The highest BCUT2D eigenvalue weighted by molar-refractivity contribution is 5.89. The fourth-order valence-corrected chi connectivity index (χ4v) is 1.56. The molecular formula is C14H18N4O2. The molecule has 0 saturated carbocycles. The summed E-state index contributed by atoms with van der Waals surface area (Å²) in [4.78, 5) is 17.4. The standard InChI is InChI=1S/C14H18N4O2/c1-9(2)13-16-12(17-20-13)10-6-5-7-11(8-10)15-14(19)18(3)4/h5-9H,1-4H3,(H,15,19). The highest BCUT2D eigenvalue weighted by Crippen LogP contribution is 2.22. The number of carbonyl (C=O) groups excluding carboxylic acids is 1. The molecule has 1 heterocycles. The molecule has 0 aliphatic heterocycles. The zero-order valence-electron chi connectivity index (χ0n) is 12.0. The van der Waals surface area contributed by atoms with Crippen LogP contribution in [-0.4, -0.2) is 35.2 Å². The minimum Gasteiger partial charge on any atom is -0.339 e. The number of anilines is 1. The third-order valence-electron chi connectivity index (χ3n) is 2.71. The van der Waals surface area contributed by atoms with Crippen molar-refractivity contribution in [3.8, 4) is 11.4 Å². The van der Waals surface area contributed by atoms with E-state index in [0.717, 1.165) is 5.56 Å². The summed E-state index contributed by atoms with van der Waals surface area (Å²) in [6.07, 6.45) is 0. The third-order valence-corrected chi connectivity index (χ3v) is 2.71. The maximum absolute atomic E-state index is 11.6. The van der Waals surface area contributed by atoms with E-state index in [4.69, 9.17) is 4.52 Å². The first-order valence-corrected chi connectivity index (χ1v) is 6.39. The van der Waals surface area contributed by atoms with Gasteiger partial charge in [0.2, 0.25) is 11.7 Å². The van der Waals surface area contributed by atoms with Gasteiger partial charge in [-0.25, -0.2) is 4.79 Å². The summed E-state index contributed by atoms with van der Waals surface area (Å²) in [5, 5.41) is 6.74. The molecule has 20 heavy (non-hydrogen) atoms. The molecule has 1 aromatic carbocycles.